The average Bonchev–Trinajstić information content (AvgIpc) is 3.27. The van der Waals surface area contributed by atoms with Gasteiger partial charge in [-0.25, -0.2) is 0 Å². The second kappa shape index (κ2) is 6.89. The zero-order valence-electron chi connectivity index (χ0n) is 13.3. The molecule has 1 aromatic rings. The summed E-state index contributed by atoms with van der Waals surface area (Å²) >= 11 is 0. The third-order valence-electron chi connectivity index (χ3n) is 5.04. The first-order valence-electron chi connectivity index (χ1n) is 8.49. The summed E-state index contributed by atoms with van der Waals surface area (Å²) in [5.41, 5.74) is 1.73. The molecule has 2 fully saturated rings. The maximum atomic E-state index is 5.83. The zero-order valence-corrected chi connectivity index (χ0v) is 13.3. The molecular weight excluding hydrogens is 260 g/mol. The molecule has 3 nitrogen and oxygen atoms in total. The second-order valence-corrected chi connectivity index (χ2v) is 6.94. The van der Waals surface area contributed by atoms with Crippen molar-refractivity contribution in [2.24, 2.45) is 11.3 Å². The summed E-state index contributed by atoms with van der Waals surface area (Å²) in [4.78, 5) is 6.82. The highest BCUT2D eigenvalue weighted by atomic mass is 16.5. The van der Waals surface area contributed by atoms with E-state index in [2.05, 4.69) is 22.9 Å². The molecule has 1 atom stereocenters. The molecule has 0 N–H and O–H groups in total. The highest BCUT2D eigenvalue weighted by molar-refractivity contribution is 5.09. The predicted octanol–water partition coefficient (Wildman–Crippen LogP) is 3.50. The molecule has 3 heteroatoms. The Labute approximate surface area is 128 Å². The molecule has 116 valence electrons. The van der Waals surface area contributed by atoms with Crippen LogP contribution in [0.4, 0.5) is 0 Å². The van der Waals surface area contributed by atoms with Crippen LogP contribution in [0.3, 0.4) is 0 Å². The molecule has 2 aliphatic rings. The highest BCUT2D eigenvalue weighted by Gasteiger charge is 2.39. The molecule has 0 radical (unpaired) electrons. The van der Waals surface area contributed by atoms with Gasteiger partial charge in [-0.05, 0) is 50.3 Å². The number of hydrogen-bond acceptors (Lipinski definition) is 3. The Morgan fingerprint density at radius 2 is 2.33 bits per heavy atom. The van der Waals surface area contributed by atoms with Gasteiger partial charge in [-0.1, -0.05) is 18.9 Å². The van der Waals surface area contributed by atoms with Gasteiger partial charge in [-0.15, -0.1) is 0 Å². The Morgan fingerprint density at radius 1 is 1.43 bits per heavy atom. The van der Waals surface area contributed by atoms with Crippen LogP contribution in [0.25, 0.3) is 0 Å². The average molecular weight is 288 g/mol. The molecule has 1 aliphatic carbocycles. The number of nitrogens with zero attached hydrogens (tertiary/aromatic N) is 2. The van der Waals surface area contributed by atoms with Gasteiger partial charge in [0.2, 0.25) is 0 Å². The van der Waals surface area contributed by atoms with Crippen LogP contribution in [0.1, 0.15) is 44.6 Å². The first kappa shape index (κ1) is 15.0. The van der Waals surface area contributed by atoms with E-state index in [-0.39, 0.29) is 0 Å². The Morgan fingerprint density at radius 3 is 3.05 bits per heavy atom. The van der Waals surface area contributed by atoms with Gasteiger partial charge in [0.05, 0.1) is 6.61 Å². The molecule has 1 saturated heterocycles. The Balaban J connectivity index is 1.56. The van der Waals surface area contributed by atoms with E-state index >= 15 is 0 Å². The molecule has 1 aliphatic heterocycles. The Hall–Kier alpha value is -0.930. The minimum absolute atomic E-state index is 0.404. The monoisotopic (exact) mass is 288 g/mol. The van der Waals surface area contributed by atoms with Crippen molar-refractivity contribution in [2.45, 2.75) is 45.6 Å². The van der Waals surface area contributed by atoms with Crippen LogP contribution >= 0.6 is 0 Å². The molecule has 3 rings (SSSR count). The summed E-state index contributed by atoms with van der Waals surface area (Å²) in [6, 6.07) is 4.21. The number of pyridine rings is 1. The summed E-state index contributed by atoms with van der Waals surface area (Å²) < 4.78 is 5.83. The third-order valence-corrected chi connectivity index (χ3v) is 5.04. The van der Waals surface area contributed by atoms with E-state index < -0.39 is 0 Å². The summed E-state index contributed by atoms with van der Waals surface area (Å²) in [5.74, 6) is 1.02. The van der Waals surface area contributed by atoms with Crippen molar-refractivity contribution in [3.05, 3.63) is 30.1 Å². The maximum absolute atomic E-state index is 5.83. The quantitative estimate of drug-likeness (QED) is 0.732. The Kier molecular flexibility index (Phi) is 4.91. The van der Waals surface area contributed by atoms with E-state index in [0.717, 1.165) is 25.7 Å². The van der Waals surface area contributed by atoms with Gasteiger partial charge in [0, 0.05) is 37.5 Å². The van der Waals surface area contributed by atoms with Crippen LogP contribution in [0, 0.1) is 11.3 Å². The minimum atomic E-state index is 0.404. The molecule has 1 saturated carbocycles. The van der Waals surface area contributed by atoms with E-state index in [1.807, 2.05) is 18.5 Å². The van der Waals surface area contributed by atoms with Gasteiger partial charge in [0.1, 0.15) is 0 Å². The molecule has 0 unspecified atom stereocenters. The lowest BCUT2D eigenvalue weighted by Crippen LogP contribution is -2.31. The topological polar surface area (TPSA) is 25.4 Å². The number of likely N-dealkylation sites (tertiary alicyclic amines) is 1. The van der Waals surface area contributed by atoms with E-state index in [1.54, 1.807) is 0 Å². The normalized spacial score (nSPS) is 26.3. The molecule has 0 spiro atoms. The fourth-order valence-corrected chi connectivity index (χ4v) is 3.54. The molecule has 0 aromatic carbocycles. The zero-order chi connectivity index (χ0) is 14.5. The van der Waals surface area contributed by atoms with Crippen LogP contribution in [0.15, 0.2) is 24.5 Å². The van der Waals surface area contributed by atoms with Crippen LogP contribution in [0.2, 0.25) is 0 Å². The molecule has 1 aromatic heterocycles. The van der Waals surface area contributed by atoms with E-state index in [9.17, 15) is 0 Å². The van der Waals surface area contributed by atoms with Crippen molar-refractivity contribution >= 4 is 0 Å². The van der Waals surface area contributed by atoms with Gasteiger partial charge in [0.25, 0.3) is 0 Å². The van der Waals surface area contributed by atoms with Crippen molar-refractivity contribution in [1.29, 1.82) is 0 Å². The van der Waals surface area contributed by atoms with E-state index in [4.69, 9.17) is 4.74 Å². The van der Waals surface area contributed by atoms with Crippen molar-refractivity contribution in [2.75, 3.05) is 26.3 Å². The number of hydrogen-bond donors (Lipinski definition) is 0. The summed E-state index contributed by atoms with van der Waals surface area (Å²) in [7, 11) is 0. The third kappa shape index (κ3) is 4.27. The molecule has 0 amide bonds. The fourth-order valence-electron chi connectivity index (χ4n) is 3.54. The lowest BCUT2D eigenvalue weighted by Gasteiger charge is -2.29. The van der Waals surface area contributed by atoms with Crippen molar-refractivity contribution in [3.8, 4) is 0 Å². The van der Waals surface area contributed by atoms with Gasteiger partial charge in [-0.2, -0.15) is 0 Å². The molecular formula is C18H28N2O. The SMILES string of the molecule is CCOC[C@]1(CCC2CC2)CCN(Cc2cccnc2)C1. The first-order valence-corrected chi connectivity index (χ1v) is 8.49. The van der Waals surface area contributed by atoms with Crippen molar-refractivity contribution in [3.63, 3.8) is 0 Å². The lowest BCUT2D eigenvalue weighted by molar-refractivity contribution is 0.0466. The molecule has 0 bridgehead atoms. The Bertz CT molecular complexity index is 432. The smallest absolute Gasteiger partial charge is 0.0535 e. The summed E-state index contributed by atoms with van der Waals surface area (Å²) in [6.07, 6.45) is 10.8. The molecule has 2 heterocycles. The fraction of sp³-hybridized carbons (Fsp3) is 0.722. The van der Waals surface area contributed by atoms with Gasteiger partial charge >= 0.3 is 0 Å². The van der Waals surface area contributed by atoms with Gasteiger partial charge < -0.3 is 4.74 Å². The van der Waals surface area contributed by atoms with Crippen LogP contribution in [0.5, 0.6) is 0 Å². The first-order chi connectivity index (χ1) is 10.3. The second-order valence-electron chi connectivity index (χ2n) is 6.94. The standard InChI is InChI=1S/C18H28N2O/c1-2-21-15-18(8-7-16-5-6-16)9-11-20(14-18)13-17-4-3-10-19-12-17/h3-4,10,12,16H,2,5-9,11,13-15H2,1H3/t18-/m1/s1. The molecule has 21 heavy (non-hydrogen) atoms. The van der Waals surface area contributed by atoms with Crippen LogP contribution in [-0.2, 0) is 11.3 Å². The number of aromatic nitrogens is 1. The maximum Gasteiger partial charge on any atom is 0.0535 e. The van der Waals surface area contributed by atoms with Gasteiger partial charge in [0.15, 0.2) is 0 Å². The highest BCUT2D eigenvalue weighted by Crippen LogP contribution is 2.42. The summed E-state index contributed by atoms with van der Waals surface area (Å²) in [6.45, 7) is 7.32. The van der Waals surface area contributed by atoms with Gasteiger partial charge in [-0.3, -0.25) is 9.88 Å². The predicted molar refractivity (Wildman–Crippen MR) is 85.0 cm³/mol. The van der Waals surface area contributed by atoms with Crippen molar-refractivity contribution < 1.29 is 4.74 Å². The van der Waals surface area contributed by atoms with Crippen LogP contribution in [-0.4, -0.2) is 36.2 Å². The summed E-state index contributed by atoms with van der Waals surface area (Å²) in [5, 5.41) is 0. The lowest BCUT2D eigenvalue weighted by atomic mass is 9.82. The van der Waals surface area contributed by atoms with E-state index in [1.165, 1.54) is 50.8 Å². The largest absolute Gasteiger partial charge is 0.381 e. The number of rotatable bonds is 8. The van der Waals surface area contributed by atoms with Crippen molar-refractivity contribution in [1.82, 2.24) is 9.88 Å². The van der Waals surface area contributed by atoms with E-state index in [0.29, 0.717) is 5.41 Å². The number of ether oxygens (including phenoxy) is 1. The van der Waals surface area contributed by atoms with Crippen LogP contribution < -0.4 is 0 Å². The minimum Gasteiger partial charge on any atom is -0.381 e.